The fourth-order valence-corrected chi connectivity index (χ4v) is 2.13. The summed E-state index contributed by atoms with van der Waals surface area (Å²) in [5, 5.41) is 3.51. The van der Waals surface area contributed by atoms with Crippen LogP contribution in [0.2, 0.25) is 0 Å². The second-order valence-electron chi connectivity index (χ2n) is 4.95. The molecule has 2 aromatic rings. The molecule has 106 valence electrons. The first-order valence-corrected chi connectivity index (χ1v) is 6.73. The molecule has 3 heteroatoms. The van der Waals surface area contributed by atoms with Crippen molar-refractivity contribution in [2.45, 2.75) is 25.9 Å². The molecule has 0 aliphatic rings. The molecular formula is C17H21NO2. The molecule has 0 aliphatic carbocycles. The first-order valence-electron chi connectivity index (χ1n) is 6.73. The molecule has 3 nitrogen and oxygen atoms in total. The number of hydrogen-bond acceptors (Lipinski definition) is 3. The van der Waals surface area contributed by atoms with Crippen molar-refractivity contribution in [3.05, 3.63) is 66.1 Å². The minimum Gasteiger partial charge on any atom is -0.497 e. The van der Waals surface area contributed by atoms with Crippen LogP contribution in [0.4, 0.5) is 0 Å². The van der Waals surface area contributed by atoms with Crippen molar-refractivity contribution < 1.29 is 9.15 Å². The number of methoxy groups -OCH3 is 1. The second-order valence-corrected chi connectivity index (χ2v) is 4.95. The molecule has 0 saturated heterocycles. The minimum absolute atomic E-state index is 0.225. The first kappa shape index (κ1) is 14.4. The Labute approximate surface area is 120 Å². The molecule has 1 N–H and O–H groups in total. The maximum absolute atomic E-state index is 5.36. The van der Waals surface area contributed by atoms with E-state index in [-0.39, 0.29) is 6.04 Å². The third-order valence-electron chi connectivity index (χ3n) is 3.17. The van der Waals surface area contributed by atoms with Crippen LogP contribution in [0.15, 0.2) is 59.2 Å². The molecule has 0 fully saturated rings. The molecule has 1 heterocycles. The third kappa shape index (κ3) is 4.00. The van der Waals surface area contributed by atoms with Crippen molar-refractivity contribution >= 4 is 0 Å². The van der Waals surface area contributed by atoms with E-state index in [2.05, 4.69) is 24.0 Å². The second kappa shape index (κ2) is 6.96. The van der Waals surface area contributed by atoms with E-state index >= 15 is 0 Å². The van der Waals surface area contributed by atoms with Gasteiger partial charge >= 0.3 is 0 Å². The maximum atomic E-state index is 5.36. The van der Waals surface area contributed by atoms with E-state index in [0.29, 0.717) is 6.54 Å². The average Bonchev–Trinajstić information content (AvgIpc) is 2.96. The highest BCUT2D eigenvalue weighted by Gasteiger charge is 2.12. The van der Waals surface area contributed by atoms with Gasteiger partial charge in [-0.3, -0.25) is 0 Å². The van der Waals surface area contributed by atoms with Crippen LogP contribution in [0.5, 0.6) is 5.75 Å². The van der Waals surface area contributed by atoms with Gasteiger partial charge in [0, 0.05) is 6.04 Å². The summed E-state index contributed by atoms with van der Waals surface area (Å²) in [6, 6.07) is 12.2. The lowest BCUT2D eigenvalue weighted by molar-refractivity contribution is 0.413. The van der Waals surface area contributed by atoms with Gasteiger partial charge in [-0.15, -0.1) is 6.58 Å². The van der Waals surface area contributed by atoms with Crippen LogP contribution in [0.25, 0.3) is 0 Å². The van der Waals surface area contributed by atoms with Crippen LogP contribution >= 0.6 is 0 Å². The van der Waals surface area contributed by atoms with Crippen LogP contribution in [0, 0.1) is 0 Å². The molecule has 1 atom stereocenters. The van der Waals surface area contributed by atoms with E-state index < -0.39 is 0 Å². The summed E-state index contributed by atoms with van der Waals surface area (Å²) in [5.41, 5.74) is 2.37. The highest BCUT2D eigenvalue weighted by atomic mass is 16.5. The average molecular weight is 271 g/mol. The Hall–Kier alpha value is -2.00. The summed E-state index contributed by atoms with van der Waals surface area (Å²) in [4.78, 5) is 0. The molecule has 20 heavy (non-hydrogen) atoms. The summed E-state index contributed by atoms with van der Waals surface area (Å²) in [6.07, 6.45) is 2.59. The Kier molecular flexibility index (Phi) is 5.02. The van der Waals surface area contributed by atoms with Crippen LogP contribution < -0.4 is 10.1 Å². The summed E-state index contributed by atoms with van der Waals surface area (Å²) in [5.74, 6) is 1.80. The van der Waals surface area contributed by atoms with Crippen molar-refractivity contribution in [1.82, 2.24) is 5.32 Å². The summed E-state index contributed by atoms with van der Waals surface area (Å²) in [6.45, 7) is 6.76. The van der Waals surface area contributed by atoms with Gasteiger partial charge in [-0.2, -0.15) is 0 Å². The molecule has 0 spiro atoms. The Morgan fingerprint density at radius 3 is 2.60 bits per heavy atom. The number of ether oxygens (including phenoxy) is 1. The van der Waals surface area contributed by atoms with E-state index in [1.807, 2.05) is 31.2 Å². The van der Waals surface area contributed by atoms with Crippen LogP contribution in [-0.4, -0.2) is 7.11 Å². The lowest BCUT2D eigenvalue weighted by atomic mass is 10.00. The molecule has 0 radical (unpaired) electrons. The normalized spacial score (nSPS) is 12.1. The predicted octanol–water partition coefficient (Wildman–Crippen LogP) is 4.09. The Bertz CT molecular complexity index is 529. The Morgan fingerprint density at radius 2 is 2.05 bits per heavy atom. The van der Waals surface area contributed by atoms with Gasteiger partial charge in [0.2, 0.25) is 0 Å². The van der Waals surface area contributed by atoms with Crippen molar-refractivity contribution in [3.63, 3.8) is 0 Å². The quantitative estimate of drug-likeness (QED) is 0.770. The lowest BCUT2D eigenvalue weighted by Gasteiger charge is -2.19. The first-order chi connectivity index (χ1) is 9.69. The smallest absolute Gasteiger partial charge is 0.118 e. The molecule has 0 aliphatic heterocycles. The minimum atomic E-state index is 0.225. The van der Waals surface area contributed by atoms with Gasteiger partial charge < -0.3 is 14.5 Å². The summed E-state index contributed by atoms with van der Waals surface area (Å²) < 4.78 is 10.6. The molecule has 2 rings (SSSR count). The monoisotopic (exact) mass is 271 g/mol. The third-order valence-corrected chi connectivity index (χ3v) is 3.17. The Morgan fingerprint density at radius 1 is 1.30 bits per heavy atom. The molecule has 0 saturated carbocycles. The predicted molar refractivity (Wildman–Crippen MR) is 80.7 cm³/mol. The van der Waals surface area contributed by atoms with E-state index in [9.17, 15) is 0 Å². The molecule has 0 bridgehead atoms. The van der Waals surface area contributed by atoms with E-state index in [4.69, 9.17) is 9.15 Å². The SMILES string of the molecule is C=C(C)C[C@@H](NCc1ccco1)c1ccc(OC)cc1. The number of hydrogen-bond donors (Lipinski definition) is 1. The van der Waals surface area contributed by atoms with Crippen molar-refractivity contribution in [2.75, 3.05) is 7.11 Å². The van der Waals surface area contributed by atoms with Gasteiger partial charge in [0.25, 0.3) is 0 Å². The zero-order valence-corrected chi connectivity index (χ0v) is 12.1. The number of benzene rings is 1. The molecule has 1 aromatic heterocycles. The van der Waals surface area contributed by atoms with Gasteiger partial charge in [-0.1, -0.05) is 17.7 Å². The van der Waals surface area contributed by atoms with Crippen LogP contribution in [0.3, 0.4) is 0 Å². The van der Waals surface area contributed by atoms with Gasteiger partial charge in [-0.05, 0) is 43.2 Å². The van der Waals surface area contributed by atoms with Gasteiger partial charge in [-0.25, -0.2) is 0 Å². The van der Waals surface area contributed by atoms with Crippen molar-refractivity contribution in [3.8, 4) is 5.75 Å². The number of furan rings is 1. The lowest BCUT2D eigenvalue weighted by Crippen LogP contribution is -2.21. The standard InChI is InChI=1S/C17H21NO2/c1-13(2)11-17(18-12-16-5-4-10-20-16)14-6-8-15(19-3)9-7-14/h4-10,17-18H,1,11-12H2,2-3H3/t17-/m1/s1. The van der Waals surface area contributed by atoms with Gasteiger partial charge in [0.05, 0.1) is 19.9 Å². The van der Waals surface area contributed by atoms with Crippen molar-refractivity contribution in [2.24, 2.45) is 0 Å². The molecule has 1 aromatic carbocycles. The van der Waals surface area contributed by atoms with E-state index in [0.717, 1.165) is 23.5 Å². The Balaban J connectivity index is 2.07. The van der Waals surface area contributed by atoms with Crippen LogP contribution in [0.1, 0.15) is 30.7 Å². The van der Waals surface area contributed by atoms with Gasteiger partial charge in [0.1, 0.15) is 11.5 Å². The highest BCUT2D eigenvalue weighted by molar-refractivity contribution is 5.29. The summed E-state index contributed by atoms with van der Waals surface area (Å²) >= 11 is 0. The zero-order valence-electron chi connectivity index (χ0n) is 12.1. The van der Waals surface area contributed by atoms with E-state index in [1.165, 1.54) is 5.56 Å². The zero-order chi connectivity index (χ0) is 14.4. The number of nitrogens with one attached hydrogen (secondary N) is 1. The fourth-order valence-electron chi connectivity index (χ4n) is 2.13. The van der Waals surface area contributed by atoms with Crippen LogP contribution in [-0.2, 0) is 6.54 Å². The summed E-state index contributed by atoms with van der Waals surface area (Å²) in [7, 11) is 1.68. The maximum Gasteiger partial charge on any atom is 0.118 e. The molecular weight excluding hydrogens is 250 g/mol. The topological polar surface area (TPSA) is 34.4 Å². The molecule has 0 amide bonds. The highest BCUT2D eigenvalue weighted by Crippen LogP contribution is 2.23. The van der Waals surface area contributed by atoms with E-state index in [1.54, 1.807) is 13.4 Å². The largest absolute Gasteiger partial charge is 0.497 e. The molecule has 0 unspecified atom stereocenters. The fraction of sp³-hybridized carbons (Fsp3) is 0.294. The van der Waals surface area contributed by atoms with Crippen molar-refractivity contribution in [1.29, 1.82) is 0 Å². The number of rotatable bonds is 7. The van der Waals surface area contributed by atoms with Gasteiger partial charge in [0.15, 0.2) is 0 Å².